The Morgan fingerprint density at radius 1 is 1.37 bits per heavy atom. The summed E-state index contributed by atoms with van der Waals surface area (Å²) in [6, 6.07) is 4.11. The number of rotatable bonds is 3. The molecule has 0 aromatic heterocycles. The molecule has 2 unspecified atom stereocenters. The smallest absolute Gasteiger partial charge is 0.171 e. The molecule has 2 aliphatic rings. The summed E-state index contributed by atoms with van der Waals surface area (Å²) in [7, 11) is 5.73. The zero-order chi connectivity index (χ0) is 13.6. The fourth-order valence-electron chi connectivity index (χ4n) is 3.74. The van der Waals surface area contributed by atoms with Crippen LogP contribution in [0.3, 0.4) is 0 Å². The van der Waals surface area contributed by atoms with E-state index in [-0.39, 0.29) is 11.7 Å². The van der Waals surface area contributed by atoms with E-state index in [2.05, 4.69) is 11.0 Å². The zero-order valence-electron chi connectivity index (χ0n) is 11.9. The molecule has 19 heavy (non-hydrogen) atoms. The van der Waals surface area contributed by atoms with Crippen LogP contribution in [0.15, 0.2) is 12.1 Å². The predicted octanol–water partition coefficient (Wildman–Crippen LogP) is 2.49. The minimum atomic E-state index is 0.111. The molecule has 0 saturated heterocycles. The van der Waals surface area contributed by atoms with Crippen molar-refractivity contribution in [1.29, 1.82) is 0 Å². The Labute approximate surface area is 114 Å². The molecule has 0 bridgehead atoms. The number of carbonyl (C=O) groups is 1. The van der Waals surface area contributed by atoms with Gasteiger partial charge in [0.2, 0.25) is 0 Å². The van der Waals surface area contributed by atoms with E-state index in [1.807, 2.05) is 20.2 Å². The van der Waals surface area contributed by atoms with Crippen LogP contribution in [-0.2, 0) is 6.42 Å². The van der Waals surface area contributed by atoms with Crippen LogP contribution in [0, 0.1) is 5.92 Å². The number of hydrogen-bond donors (Lipinski definition) is 0. The van der Waals surface area contributed by atoms with Gasteiger partial charge >= 0.3 is 0 Å². The van der Waals surface area contributed by atoms with Crippen molar-refractivity contribution in [2.45, 2.75) is 25.2 Å². The lowest BCUT2D eigenvalue weighted by atomic mass is 9.80. The van der Waals surface area contributed by atoms with Crippen molar-refractivity contribution < 1.29 is 9.53 Å². The summed E-state index contributed by atoms with van der Waals surface area (Å²) in [6.07, 6.45) is 3.43. The Morgan fingerprint density at radius 2 is 2.16 bits per heavy atom. The van der Waals surface area contributed by atoms with Gasteiger partial charge in [-0.15, -0.1) is 0 Å². The first kappa shape index (κ1) is 12.7. The van der Waals surface area contributed by atoms with Gasteiger partial charge in [-0.1, -0.05) is 6.07 Å². The minimum Gasteiger partial charge on any atom is -0.496 e. The Hall–Kier alpha value is -1.35. The first-order valence-corrected chi connectivity index (χ1v) is 7.02. The molecule has 0 amide bonds. The van der Waals surface area contributed by atoms with Crippen LogP contribution < -0.4 is 4.74 Å². The maximum atomic E-state index is 12.8. The van der Waals surface area contributed by atoms with E-state index in [4.69, 9.17) is 4.74 Å². The molecular weight excluding hydrogens is 238 g/mol. The fourth-order valence-corrected chi connectivity index (χ4v) is 3.74. The number of hydrogen-bond acceptors (Lipinski definition) is 3. The summed E-state index contributed by atoms with van der Waals surface area (Å²) in [5.74, 6) is 1.57. The van der Waals surface area contributed by atoms with Gasteiger partial charge < -0.3 is 9.64 Å². The number of methoxy groups -OCH3 is 1. The molecule has 1 aromatic rings. The number of Topliss-reactive ketones (excluding diaryl/α,β-unsaturated/α-hetero) is 1. The molecule has 2 aliphatic carbocycles. The quantitative estimate of drug-likeness (QED) is 0.835. The van der Waals surface area contributed by atoms with Gasteiger partial charge in [-0.2, -0.15) is 0 Å². The average molecular weight is 259 g/mol. The summed E-state index contributed by atoms with van der Waals surface area (Å²) >= 11 is 0. The highest BCUT2D eigenvalue weighted by Crippen LogP contribution is 2.49. The van der Waals surface area contributed by atoms with Crippen LogP contribution >= 0.6 is 0 Å². The zero-order valence-corrected chi connectivity index (χ0v) is 11.9. The van der Waals surface area contributed by atoms with Crippen LogP contribution in [-0.4, -0.2) is 38.4 Å². The van der Waals surface area contributed by atoms with E-state index < -0.39 is 0 Å². The Morgan fingerprint density at radius 3 is 2.84 bits per heavy atom. The number of carbonyl (C=O) groups excluding carboxylic acids is 1. The molecule has 2 atom stereocenters. The van der Waals surface area contributed by atoms with E-state index in [1.54, 1.807) is 7.11 Å². The van der Waals surface area contributed by atoms with Gasteiger partial charge in [-0.25, -0.2) is 0 Å². The van der Waals surface area contributed by atoms with E-state index in [0.29, 0.717) is 5.92 Å². The average Bonchev–Trinajstić information content (AvgIpc) is 2.67. The summed E-state index contributed by atoms with van der Waals surface area (Å²) < 4.78 is 5.42. The SMILES string of the molecule is COc1ccc2c3c1C(=O)C(CN(C)C)C3CCC2. The molecular formula is C16H21NO2. The lowest BCUT2D eigenvalue weighted by Gasteiger charge is -2.27. The molecule has 3 heteroatoms. The number of nitrogens with zero attached hydrogens (tertiary/aromatic N) is 1. The Kier molecular flexibility index (Phi) is 3.09. The van der Waals surface area contributed by atoms with Gasteiger partial charge in [0.15, 0.2) is 5.78 Å². The molecule has 0 radical (unpaired) electrons. The summed E-state index contributed by atoms with van der Waals surface area (Å²) in [5.41, 5.74) is 3.53. The van der Waals surface area contributed by atoms with Gasteiger partial charge in [0.1, 0.15) is 5.75 Å². The van der Waals surface area contributed by atoms with Crippen LogP contribution in [0.25, 0.3) is 0 Å². The van der Waals surface area contributed by atoms with Crippen molar-refractivity contribution in [3.8, 4) is 5.75 Å². The monoisotopic (exact) mass is 259 g/mol. The van der Waals surface area contributed by atoms with Crippen LogP contribution in [0.4, 0.5) is 0 Å². The maximum absolute atomic E-state index is 12.8. The molecule has 3 rings (SSSR count). The van der Waals surface area contributed by atoms with Crippen LogP contribution in [0.1, 0.15) is 40.2 Å². The molecule has 0 fully saturated rings. The lowest BCUT2D eigenvalue weighted by Crippen LogP contribution is -2.28. The molecule has 0 spiro atoms. The molecule has 0 aliphatic heterocycles. The van der Waals surface area contributed by atoms with Crippen molar-refractivity contribution in [2.75, 3.05) is 27.7 Å². The minimum absolute atomic E-state index is 0.111. The maximum Gasteiger partial charge on any atom is 0.171 e. The third kappa shape index (κ3) is 1.88. The van der Waals surface area contributed by atoms with Crippen molar-refractivity contribution in [2.24, 2.45) is 5.92 Å². The van der Waals surface area contributed by atoms with Gasteiger partial charge in [0.25, 0.3) is 0 Å². The van der Waals surface area contributed by atoms with Crippen molar-refractivity contribution >= 4 is 5.78 Å². The standard InChI is InChI=1S/C16H21NO2/c1-17(2)9-12-11-6-4-5-10-7-8-13(19-3)15(14(10)11)16(12)18/h7-8,11-12H,4-6,9H2,1-3H3. The van der Waals surface area contributed by atoms with E-state index in [9.17, 15) is 4.79 Å². The van der Waals surface area contributed by atoms with Crippen molar-refractivity contribution in [3.05, 3.63) is 28.8 Å². The highest BCUT2D eigenvalue weighted by atomic mass is 16.5. The lowest BCUT2D eigenvalue weighted by molar-refractivity contribution is 0.0893. The van der Waals surface area contributed by atoms with Gasteiger partial charge in [0.05, 0.1) is 12.7 Å². The molecule has 102 valence electrons. The highest BCUT2D eigenvalue weighted by Gasteiger charge is 2.44. The van der Waals surface area contributed by atoms with E-state index in [1.165, 1.54) is 17.5 Å². The molecule has 0 heterocycles. The van der Waals surface area contributed by atoms with Crippen LogP contribution in [0.2, 0.25) is 0 Å². The van der Waals surface area contributed by atoms with Crippen LogP contribution in [0.5, 0.6) is 5.75 Å². The second kappa shape index (κ2) is 4.64. The van der Waals surface area contributed by atoms with Gasteiger partial charge in [-0.05, 0) is 56.5 Å². The Balaban J connectivity index is 2.11. The summed E-state index contributed by atoms with van der Waals surface area (Å²) in [5, 5.41) is 0. The predicted molar refractivity (Wildman–Crippen MR) is 75.0 cm³/mol. The third-order valence-corrected chi connectivity index (χ3v) is 4.48. The first-order chi connectivity index (χ1) is 9.13. The second-order valence-corrected chi connectivity index (χ2v) is 5.95. The second-order valence-electron chi connectivity index (χ2n) is 5.95. The third-order valence-electron chi connectivity index (χ3n) is 4.48. The van der Waals surface area contributed by atoms with Gasteiger partial charge in [-0.3, -0.25) is 4.79 Å². The van der Waals surface area contributed by atoms with E-state index in [0.717, 1.165) is 30.7 Å². The number of aryl methyl sites for hydroxylation is 1. The molecule has 0 saturated carbocycles. The van der Waals surface area contributed by atoms with Crippen molar-refractivity contribution in [3.63, 3.8) is 0 Å². The normalized spacial score (nSPS) is 24.7. The molecule has 3 nitrogen and oxygen atoms in total. The van der Waals surface area contributed by atoms with Crippen molar-refractivity contribution in [1.82, 2.24) is 4.90 Å². The summed E-state index contributed by atoms with van der Waals surface area (Å²) in [6.45, 7) is 0.834. The molecule has 1 aromatic carbocycles. The number of ether oxygens (including phenoxy) is 1. The van der Waals surface area contributed by atoms with Gasteiger partial charge in [0, 0.05) is 12.5 Å². The fraction of sp³-hybridized carbons (Fsp3) is 0.562. The number of ketones is 1. The Bertz CT molecular complexity index is 522. The number of benzene rings is 1. The van der Waals surface area contributed by atoms with E-state index >= 15 is 0 Å². The topological polar surface area (TPSA) is 29.5 Å². The highest BCUT2D eigenvalue weighted by molar-refractivity contribution is 6.06. The first-order valence-electron chi connectivity index (χ1n) is 7.02. The largest absolute Gasteiger partial charge is 0.496 e. The summed E-state index contributed by atoms with van der Waals surface area (Å²) in [4.78, 5) is 14.9. The molecule has 0 N–H and O–H groups in total.